The smallest absolute Gasteiger partial charge is 0.0616 e. The van der Waals surface area contributed by atoms with Crippen molar-refractivity contribution in [3.8, 4) is 33.4 Å². The molecule has 0 aliphatic rings. The van der Waals surface area contributed by atoms with Crippen LogP contribution < -0.4 is 0 Å². The van der Waals surface area contributed by atoms with Crippen molar-refractivity contribution in [1.29, 1.82) is 0 Å². The van der Waals surface area contributed by atoms with Gasteiger partial charge >= 0.3 is 0 Å². The molecule has 0 N–H and O–H groups in total. The summed E-state index contributed by atoms with van der Waals surface area (Å²) in [4.78, 5) is 0. The Morgan fingerprint density at radius 3 is 1.55 bits per heavy atom. The maximum Gasteiger partial charge on any atom is 0.0629 e. The van der Waals surface area contributed by atoms with Crippen LogP contribution in [0.1, 0.15) is 20.6 Å². The first-order valence-corrected chi connectivity index (χ1v) is 14.1. The van der Waals surface area contributed by atoms with Crippen molar-refractivity contribution in [2.45, 2.75) is 0 Å². The third kappa shape index (κ3) is 3.78. The Morgan fingerprint density at radius 1 is 0.318 bits per heavy atom. The number of benzene rings is 9. The zero-order chi connectivity index (χ0) is 42.1. The van der Waals surface area contributed by atoms with Crippen LogP contribution in [0, 0.1) is 0 Å². The molecule has 0 aliphatic heterocycles. The number of fused-ring (bicyclic) bond motifs is 6. The van der Waals surface area contributed by atoms with E-state index in [1.165, 1.54) is 12.1 Å². The van der Waals surface area contributed by atoms with Crippen molar-refractivity contribution in [3.63, 3.8) is 0 Å². The Labute approximate surface area is 277 Å². The van der Waals surface area contributed by atoms with Crippen LogP contribution in [0.4, 0.5) is 0 Å². The summed E-state index contributed by atoms with van der Waals surface area (Å²) in [5, 5.41) is 3.08. The average Bonchev–Trinajstić information content (AvgIpc) is 3.25. The van der Waals surface area contributed by atoms with E-state index in [1.54, 1.807) is 12.1 Å². The number of hydrogen-bond acceptors (Lipinski definition) is 0. The summed E-state index contributed by atoms with van der Waals surface area (Å²) >= 11 is 0. The second-order valence-corrected chi connectivity index (χ2v) is 10.5. The second-order valence-electron chi connectivity index (χ2n) is 10.5. The second kappa shape index (κ2) is 9.93. The summed E-state index contributed by atoms with van der Waals surface area (Å²) < 4.78 is 132. The van der Waals surface area contributed by atoms with E-state index in [0.29, 0.717) is 10.9 Å². The minimum Gasteiger partial charge on any atom is -0.0616 e. The molecule has 0 atom stereocenters. The van der Waals surface area contributed by atoms with Gasteiger partial charge in [0.15, 0.2) is 0 Å². The average molecular weight is 572 g/mol. The van der Waals surface area contributed by atoms with Gasteiger partial charge in [0.25, 0.3) is 0 Å². The summed E-state index contributed by atoms with van der Waals surface area (Å²) in [6, 6.07) is 15.7. The van der Waals surface area contributed by atoms with E-state index in [2.05, 4.69) is 0 Å². The van der Waals surface area contributed by atoms with E-state index in [1.807, 2.05) is 54.6 Å². The van der Waals surface area contributed by atoms with Crippen LogP contribution in [-0.2, 0) is 0 Å². The van der Waals surface area contributed by atoms with Gasteiger partial charge in [-0.05, 0) is 93.3 Å². The Hall–Kier alpha value is -5.72. The highest BCUT2D eigenvalue weighted by Gasteiger charge is 2.19. The minimum absolute atomic E-state index is 0.0151. The molecule has 0 spiro atoms. The van der Waals surface area contributed by atoms with Gasteiger partial charge in [-0.1, -0.05) is 163 Å². The van der Waals surface area contributed by atoms with Crippen LogP contribution in [0.15, 0.2) is 169 Å². The topological polar surface area (TPSA) is 0 Å². The standard InChI is InChI=1S/C44H28/c1-3-15-33-29(12-1)14-11-23-34(33)30-24-26-31(27-25-30)43-38-19-7-9-21-40(38)44(41-22-10-8-20-39(41)43)42-28-32-13-2-4-16-35(32)36-17-5-6-18-37(36)42/h1-28H/i1D,3D,7D,8D,9D,10D,11D,12D,14D,15D,19D,20D,21D,22D,23D. The van der Waals surface area contributed by atoms with E-state index in [0.717, 1.165) is 16.2 Å². The third-order valence-electron chi connectivity index (χ3n) is 8.19. The summed E-state index contributed by atoms with van der Waals surface area (Å²) in [5.41, 5.74) is 1.35. The SMILES string of the molecule is [2H]c1c([2H])c([2H])c2c(-c3ccc(-c4c5c([2H])c([2H])c([2H])c([2H])c5c(-c5cc6ccccc6c6ccccc56)c5c([2H])c([2H])c([2H])c([2H])c45)cc3)c([2H])c([2H])c([2H])c2c1[2H]. The molecular formula is C44H28. The summed E-state index contributed by atoms with van der Waals surface area (Å²) in [6.07, 6.45) is 0. The molecule has 9 rings (SSSR count). The van der Waals surface area contributed by atoms with Crippen molar-refractivity contribution in [2.24, 2.45) is 0 Å². The monoisotopic (exact) mass is 571 g/mol. The summed E-state index contributed by atoms with van der Waals surface area (Å²) in [5.74, 6) is 0. The molecule has 204 valence electrons. The molecule has 9 aromatic carbocycles. The van der Waals surface area contributed by atoms with E-state index in [4.69, 9.17) is 15.1 Å². The first-order valence-electron chi connectivity index (χ1n) is 21.6. The van der Waals surface area contributed by atoms with Crippen molar-refractivity contribution >= 4 is 53.9 Å². The van der Waals surface area contributed by atoms with Crippen molar-refractivity contribution in [3.05, 3.63) is 169 Å². The Kier molecular flexibility index (Phi) is 3.20. The molecule has 0 fully saturated rings. The molecule has 0 saturated carbocycles. The zero-order valence-electron chi connectivity index (χ0n) is 38.0. The van der Waals surface area contributed by atoms with Crippen molar-refractivity contribution in [2.75, 3.05) is 0 Å². The van der Waals surface area contributed by atoms with Gasteiger partial charge in [-0.3, -0.25) is 0 Å². The highest BCUT2D eigenvalue weighted by Crippen LogP contribution is 2.46. The third-order valence-corrected chi connectivity index (χ3v) is 8.19. The molecule has 0 aliphatic carbocycles. The van der Waals surface area contributed by atoms with Gasteiger partial charge < -0.3 is 0 Å². The summed E-state index contributed by atoms with van der Waals surface area (Å²) in [6.45, 7) is 0. The quantitative estimate of drug-likeness (QED) is 0.146. The van der Waals surface area contributed by atoms with E-state index >= 15 is 0 Å². The molecule has 0 heteroatoms. The van der Waals surface area contributed by atoms with Crippen LogP contribution in [-0.4, -0.2) is 0 Å². The van der Waals surface area contributed by atoms with Gasteiger partial charge in [0, 0.05) is 0 Å². The maximum absolute atomic E-state index is 9.40. The highest BCUT2D eigenvalue weighted by molar-refractivity contribution is 6.25. The first-order chi connectivity index (χ1) is 28.1. The Morgan fingerprint density at radius 2 is 0.841 bits per heavy atom. The lowest BCUT2D eigenvalue weighted by molar-refractivity contribution is 1.63. The van der Waals surface area contributed by atoms with Crippen LogP contribution in [0.2, 0.25) is 0 Å². The van der Waals surface area contributed by atoms with Crippen LogP contribution in [0.25, 0.3) is 87.2 Å². The maximum atomic E-state index is 9.40. The molecule has 44 heavy (non-hydrogen) atoms. The van der Waals surface area contributed by atoms with Gasteiger partial charge in [0.2, 0.25) is 0 Å². The van der Waals surface area contributed by atoms with E-state index in [-0.39, 0.29) is 60.1 Å². The first kappa shape index (κ1) is 14.2. The fourth-order valence-corrected chi connectivity index (χ4v) is 6.28. The van der Waals surface area contributed by atoms with E-state index in [9.17, 15) is 5.48 Å². The van der Waals surface area contributed by atoms with E-state index < -0.39 is 90.6 Å². The largest absolute Gasteiger partial charge is 0.0629 e. The molecule has 9 aromatic rings. The fraction of sp³-hybridized carbons (Fsp3) is 0. The van der Waals surface area contributed by atoms with Crippen LogP contribution >= 0.6 is 0 Å². The lowest BCUT2D eigenvalue weighted by atomic mass is 9.83. The highest BCUT2D eigenvalue weighted by atomic mass is 14.2. The molecule has 0 nitrogen and oxygen atoms in total. The minimum atomic E-state index is -0.581. The van der Waals surface area contributed by atoms with Crippen molar-refractivity contribution in [1.82, 2.24) is 0 Å². The molecular weight excluding hydrogens is 528 g/mol. The van der Waals surface area contributed by atoms with Gasteiger partial charge in [0.05, 0.1) is 20.6 Å². The molecule has 0 unspecified atom stereocenters. The zero-order valence-corrected chi connectivity index (χ0v) is 23.0. The van der Waals surface area contributed by atoms with Gasteiger partial charge in [-0.15, -0.1) is 0 Å². The molecule has 0 bridgehead atoms. The van der Waals surface area contributed by atoms with Crippen molar-refractivity contribution < 1.29 is 20.6 Å². The van der Waals surface area contributed by atoms with Gasteiger partial charge in [-0.2, -0.15) is 0 Å². The Balaban J connectivity index is 1.46. The normalized spacial score (nSPS) is 16.4. The predicted molar refractivity (Wildman–Crippen MR) is 190 cm³/mol. The lowest BCUT2D eigenvalue weighted by Gasteiger charge is -2.19. The predicted octanol–water partition coefficient (Wildman–Crippen LogP) is 12.5. The van der Waals surface area contributed by atoms with Crippen LogP contribution in [0.3, 0.4) is 0 Å². The number of hydrogen-bond donors (Lipinski definition) is 0. The molecule has 0 heterocycles. The molecule has 0 amide bonds. The molecule has 0 aromatic heterocycles. The lowest BCUT2D eigenvalue weighted by Crippen LogP contribution is -1.92. The fourth-order valence-electron chi connectivity index (χ4n) is 6.28. The molecule has 0 radical (unpaired) electrons. The number of rotatable bonds is 3. The Bertz CT molecular complexity index is 3290. The summed E-state index contributed by atoms with van der Waals surface area (Å²) in [7, 11) is 0. The van der Waals surface area contributed by atoms with Crippen LogP contribution in [0.5, 0.6) is 0 Å². The van der Waals surface area contributed by atoms with Gasteiger partial charge in [0.1, 0.15) is 0 Å². The van der Waals surface area contributed by atoms with Gasteiger partial charge in [-0.25, -0.2) is 0 Å². The molecule has 0 saturated heterocycles.